The third kappa shape index (κ3) is 3.07. The SMILES string of the molecule is CC(C)(CC(=O)O)c1c(F)cccc1S(C)(=O)=O. The van der Waals surface area contributed by atoms with Crippen molar-refractivity contribution >= 4 is 15.8 Å². The summed E-state index contributed by atoms with van der Waals surface area (Å²) >= 11 is 0. The Kier molecular flexibility index (Phi) is 3.81. The highest BCUT2D eigenvalue weighted by Gasteiger charge is 2.32. The van der Waals surface area contributed by atoms with Crippen LogP contribution < -0.4 is 0 Å². The van der Waals surface area contributed by atoms with Crippen LogP contribution in [0.15, 0.2) is 23.1 Å². The van der Waals surface area contributed by atoms with E-state index in [0.29, 0.717) is 0 Å². The molecule has 0 amide bonds. The molecule has 0 spiro atoms. The van der Waals surface area contributed by atoms with E-state index in [4.69, 9.17) is 5.11 Å². The first kappa shape index (κ1) is 14.6. The lowest BCUT2D eigenvalue weighted by Gasteiger charge is -2.25. The maximum atomic E-state index is 13.9. The Morgan fingerprint density at radius 3 is 2.39 bits per heavy atom. The molecule has 100 valence electrons. The van der Waals surface area contributed by atoms with Gasteiger partial charge < -0.3 is 5.11 Å². The molecule has 0 fully saturated rings. The Bertz CT molecular complexity index is 576. The van der Waals surface area contributed by atoms with Gasteiger partial charge in [0.2, 0.25) is 0 Å². The van der Waals surface area contributed by atoms with E-state index in [0.717, 1.165) is 12.3 Å². The van der Waals surface area contributed by atoms with Crippen LogP contribution in [0.3, 0.4) is 0 Å². The van der Waals surface area contributed by atoms with Crippen LogP contribution in [-0.4, -0.2) is 25.7 Å². The van der Waals surface area contributed by atoms with Crippen LogP contribution in [0.25, 0.3) is 0 Å². The van der Waals surface area contributed by atoms with Crippen molar-refractivity contribution in [3.63, 3.8) is 0 Å². The monoisotopic (exact) mass is 274 g/mol. The van der Waals surface area contributed by atoms with Gasteiger partial charge in [-0.15, -0.1) is 0 Å². The van der Waals surface area contributed by atoms with Crippen LogP contribution in [-0.2, 0) is 20.0 Å². The summed E-state index contributed by atoms with van der Waals surface area (Å²) in [6.45, 7) is 3.02. The summed E-state index contributed by atoms with van der Waals surface area (Å²) in [7, 11) is -3.61. The van der Waals surface area contributed by atoms with Crippen molar-refractivity contribution in [1.82, 2.24) is 0 Å². The van der Waals surface area contributed by atoms with Crippen molar-refractivity contribution in [2.75, 3.05) is 6.26 Å². The predicted molar refractivity (Wildman–Crippen MR) is 64.8 cm³/mol. The number of carbonyl (C=O) groups is 1. The summed E-state index contributed by atoms with van der Waals surface area (Å²) < 4.78 is 37.1. The summed E-state index contributed by atoms with van der Waals surface area (Å²) in [5.74, 6) is -1.81. The van der Waals surface area contributed by atoms with Crippen molar-refractivity contribution < 1.29 is 22.7 Å². The first-order valence-corrected chi connectivity index (χ1v) is 7.15. The van der Waals surface area contributed by atoms with Crippen LogP contribution >= 0.6 is 0 Å². The molecular weight excluding hydrogens is 259 g/mol. The third-order valence-electron chi connectivity index (χ3n) is 2.64. The average molecular weight is 274 g/mol. The van der Waals surface area contributed by atoms with Crippen molar-refractivity contribution in [3.8, 4) is 0 Å². The molecule has 0 radical (unpaired) electrons. The Morgan fingerprint density at radius 1 is 1.39 bits per heavy atom. The summed E-state index contributed by atoms with van der Waals surface area (Å²) in [6, 6.07) is 3.72. The van der Waals surface area contributed by atoms with Gasteiger partial charge in [-0.25, -0.2) is 12.8 Å². The molecule has 1 aromatic carbocycles. The third-order valence-corrected chi connectivity index (χ3v) is 3.78. The molecule has 0 atom stereocenters. The minimum Gasteiger partial charge on any atom is -0.481 e. The molecule has 1 rings (SSSR count). The van der Waals surface area contributed by atoms with Gasteiger partial charge in [-0.3, -0.25) is 4.79 Å². The van der Waals surface area contributed by atoms with E-state index in [1.807, 2.05) is 0 Å². The fraction of sp³-hybridized carbons (Fsp3) is 0.417. The van der Waals surface area contributed by atoms with Gasteiger partial charge in [0.1, 0.15) is 5.82 Å². The Morgan fingerprint density at radius 2 is 1.94 bits per heavy atom. The smallest absolute Gasteiger partial charge is 0.304 e. The Labute approximate surface area is 105 Å². The zero-order valence-electron chi connectivity index (χ0n) is 10.4. The van der Waals surface area contributed by atoms with E-state index in [1.54, 1.807) is 0 Å². The highest BCUT2D eigenvalue weighted by atomic mass is 32.2. The molecular formula is C12H15FO4S. The molecule has 0 unspecified atom stereocenters. The van der Waals surface area contributed by atoms with Gasteiger partial charge in [-0.05, 0) is 12.1 Å². The summed E-state index contributed by atoms with van der Waals surface area (Å²) in [5.41, 5.74) is -1.18. The Hall–Kier alpha value is -1.43. The molecule has 0 aliphatic rings. The average Bonchev–Trinajstić information content (AvgIpc) is 2.13. The van der Waals surface area contributed by atoms with Gasteiger partial charge in [-0.2, -0.15) is 0 Å². The zero-order valence-corrected chi connectivity index (χ0v) is 11.2. The van der Waals surface area contributed by atoms with Crippen molar-refractivity contribution in [2.24, 2.45) is 0 Å². The normalized spacial score (nSPS) is 12.4. The van der Waals surface area contributed by atoms with Gasteiger partial charge in [0.25, 0.3) is 0 Å². The minimum absolute atomic E-state index is 0.0742. The molecule has 0 aliphatic heterocycles. The minimum atomic E-state index is -3.61. The predicted octanol–water partition coefficient (Wildman–Crippen LogP) is 1.98. The fourth-order valence-corrected chi connectivity index (χ4v) is 3.01. The molecule has 6 heteroatoms. The quantitative estimate of drug-likeness (QED) is 0.911. The molecule has 0 heterocycles. The highest BCUT2D eigenvalue weighted by Crippen LogP contribution is 2.34. The first-order chi connectivity index (χ1) is 8.05. The van der Waals surface area contributed by atoms with E-state index in [2.05, 4.69) is 0 Å². The maximum Gasteiger partial charge on any atom is 0.304 e. The van der Waals surface area contributed by atoms with Crippen LogP contribution in [0.4, 0.5) is 4.39 Å². The molecule has 0 saturated carbocycles. The van der Waals surface area contributed by atoms with Crippen LogP contribution in [0.1, 0.15) is 25.8 Å². The van der Waals surface area contributed by atoms with Crippen molar-refractivity contribution in [2.45, 2.75) is 30.6 Å². The van der Waals surface area contributed by atoms with E-state index in [1.165, 1.54) is 26.0 Å². The number of sulfone groups is 1. The topological polar surface area (TPSA) is 71.4 Å². The van der Waals surface area contributed by atoms with Crippen LogP contribution in [0.2, 0.25) is 0 Å². The van der Waals surface area contributed by atoms with Gasteiger partial charge >= 0.3 is 5.97 Å². The number of carboxylic acids is 1. The second-order valence-corrected chi connectivity index (χ2v) is 6.82. The standard InChI is InChI=1S/C12H15FO4S/c1-12(2,7-10(14)15)11-8(13)5-4-6-9(11)18(3,16)17/h4-6H,7H2,1-3H3,(H,14,15). The van der Waals surface area contributed by atoms with Gasteiger partial charge in [-0.1, -0.05) is 19.9 Å². The fourth-order valence-electron chi connectivity index (χ4n) is 1.94. The molecule has 18 heavy (non-hydrogen) atoms. The maximum absolute atomic E-state index is 13.9. The lowest BCUT2D eigenvalue weighted by molar-refractivity contribution is -0.138. The molecule has 0 aromatic heterocycles. The van der Waals surface area contributed by atoms with Crippen LogP contribution in [0, 0.1) is 5.82 Å². The second kappa shape index (κ2) is 4.68. The second-order valence-electron chi connectivity index (χ2n) is 4.84. The number of aliphatic carboxylic acids is 1. The molecule has 0 bridgehead atoms. The lowest BCUT2D eigenvalue weighted by Crippen LogP contribution is -2.25. The zero-order chi connectivity index (χ0) is 14.1. The number of hydrogen-bond donors (Lipinski definition) is 1. The van der Waals surface area contributed by atoms with Gasteiger partial charge in [0.15, 0.2) is 9.84 Å². The van der Waals surface area contributed by atoms with E-state index >= 15 is 0 Å². The van der Waals surface area contributed by atoms with Crippen LogP contribution in [0.5, 0.6) is 0 Å². The number of hydrogen-bond acceptors (Lipinski definition) is 3. The Balaban J connectivity index is 3.53. The molecule has 0 saturated heterocycles. The lowest BCUT2D eigenvalue weighted by atomic mass is 9.81. The summed E-state index contributed by atoms with van der Waals surface area (Å²) in [5, 5.41) is 8.82. The van der Waals surface area contributed by atoms with Crippen molar-refractivity contribution in [3.05, 3.63) is 29.6 Å². The highest BCUT2D eigenvalue weighted by molar-refractivity contribution is 7.90. The number of carboxylic acid groups (broad SMARTS) is 1. The molecule has 0 aliphatic carbocycles. The molecule has 4 nitrogen and oxygen atoms in total. The largest absolute Gasteiger partial charge is 0.481 e. The van der Waals surface area contributed by atoms with E-state index in [-0.39, 0.29) is 16.9 Å². The molecule has 1 N–H and O–H groups in total. The molecule has 1 aromatic rings. The summed E-state index contributed by atoms with van der Waals surface area (Å²) in [4.78, 5) is 10.6. The number of benzene rings is 1. The first-order valence-electron chi connectivity index (χ1n) is 5.26. The van der Waals surface area contributed by atoms with Crippen molar-refractivity contribution in [1.29, 1.82) is 0 Å². The number of halogens is 1. The van der Waals surface area contributed by atoms with Gasteiger partial charge in [0, 0.05) is 17.2 Å². The van der Waals surface area contributed by atoms with E-state index in [9.17, 15) is 17.6 Å². The van der Waals surface area contributed by atoms with Gasteiger partial charge in [0.05, 0.1) is 11.3 Å². The van der Waals surface area contributed by atoms with E-state index < -0.39 is 27.0 Å². The number of rotatable bonds is 4. The summed E-state index contributed by atoms with van der Waals surface area (Å²) in [6.07, 6.45) is 0.624.